The number of para-hydroxylation sites is 1. The summed E-state index contributed by atoms with van der Waals surface area (Å²) in [6.45, 7) is 3.22. The first-order valence-electron chi connectivity index (χ1n) is 9.97. The Kier molecular flexibility index (Phi) is 4.47. The highest BCUT2D eigenvalue weighted by Gasteiger charge is 2.29. The molecule has 0 bridgehead atoms. The van der Waals surface area contributed by atoms with Gasteiger partial charge in [-0.2, -0.15) is 10.2 Å². The molecule has 0 unspecified atom stereocenters. The van der Waals surface area contributed by atoms with E-state index in [0.717, 1.165) is 22.0 Å². The van der Waals surface area contributed by atoms with Crippen LogP contribution in [0.1, 0.15) is 15.9 Å². The van der Waals surface area contributed by atoms with Crippen LogP contribution in [0.3, 0.4) is 0 Å². The van der Waals surface area contributed by atoms with Gasteiger partial charge in [-0.15, -0.1) is 0 Å². The Hall–Kier alpha value is -4.07. The maximum Gasteiger partial charge on any atom is 0.324 e. The quantitative estimate of drug-likeness (QED) is 0.555. The molecule has 8 nitrogen and oxygen atoms in total. The van der Waals surface area contributed by atoms with Crippen molar-refractivity contribution in [2.75, 3.05) is 30.4 Å². The van der Waals surface area contributed by atoms with Crippen molar-refractivity contribution in [3.05, 3.63) is 66.0 Å². The number of fused-ring (bicyclic) bond motifs is 2. The minimum absolute atomic E-state index is 0.0423. The number of aromatic nitrogens is 3. The Morgan fingerprint density at radius 1 is 1.03 bits per heavy atom. The maximum atomic E-state index is 13.1. The van der Waals surface area contributed by atoms with E-state index >= 15 is 0 Å². The van der Waals surface area contributed by atoms with Crippen LogP contribution in [-0.4, -0.2) is 52.2 Å². The van der Waals surface area contributed by atoms with E-state index in [2.05, 4.69) is 20.5 Å². The number of amides is 3. The van der Waals surface area contributed by atoms with Gasteiger partial charge in [0, 0.05) is 37.1 Å². The Morgan fingerprint density at radius 3 is 2.65 bits per heavy atom. The van der Waals surface area contributed by atoms with Crippen LogP contribution in [0.15, 0.2) is 54.9 Å². The van der Waals surface area contributed by atoms with Gasteiger partial charge < -0.3 is 10.2 Å². The first-order chi connectivity index (χ1) is 15.0. The minimum atomic E-state index is -0.292. The Morgan fingerprint density at radius 2 is 1.84 bits per heavy atom. The third-order valence-electron chi connectivity index (χ3n) is 5.58. The van der Waals surface area contributed by atoms with Crippen molar-refractivity contribution in [2.45, 2.75) is 6.92 Å². The predicted octanol–water partition coefficient (Wildman–Crippen LogP) is 3.61. The third-order valence-corrected chi connectivity index (χ3v) is 5.58. The molecule has 1 saturated heterocycles. The van der Waals surface area contributed by atoms with Crippen molar-refractivity contribution in [1.82, 2.24) is 20.1 Å². The summed E-state index contributed by atoms with van der Waals surface area (Å²) in [5, 5.41) is 12.5. The predicted molar refractivity (Wildman–Crippen MR) is 119 cm³/mol. The zero-order chi connectivity index (χ0) is 21.5. The number of nitrogens with one attached hydrogen (secondary N) is 1. The number of carbonyl (C=O) groups is 2. The first kappa shape index (κ1) is 18.9. The Labute approximate surface area is 178 Å². The number of benzene rings is 2. The largest absolute Gasteiger partial charge is 0.326 e. The van der Waals surface area contributed by atoms with Crippen LogP contribution in [0, 0.1) is 6.92 Å². The number of hydrogen-bond donors (Lipinski definition) is 1. The molecule has 1 aliphatic rings. The van der Waals surface area contributed by atoms with Crippen molar-refractivity contribution in [3.63, 3.8) is 0 Å². The van der Waals surface area contributed by atoms with Crippen LogP contribution in [-0.2, 0) is 0 Å². The Bertz CT molecular complexity index is 1350. The van der Waals surface area contributed by atoms with Gasteiger partial charge in [0.05, 0.1) is 34.2 Å². The highest BCUT2D eigenvalue weighted by atomic mass is 16.2. The molecule has 0 radical (unpaired) electrons. The van der Waals surface area contributed by atoms with E-state index in [1.54, 1.807) is 29.1 Å². The average Bonchev–Trinajstić information content (AvgIpc) is 3.11. The molecular formula is C23H20N6O2. The Balaban J connectivity index is 1.58. The van der Waals surface area contributed by atoms with E-state index in [1.165, 1.54) is 6.20 Å². The van der Waals surface area contributed by atoms with Crippen LogP contribution in [0.2, 0.25) is 0 Å². The van der Waals surface area contributed by atoms with E-state index in [9.17, 15) is 9.59 Å². The van der Waals surface area contributed by atoms with Gasteiger partial charge in [0.1, 0.15) is 0 Å². The molecule has 5 rings (SSSR count). The second-order valence-electron chi connectivity index (χ2n) is 7.58. The van der Waals surface area contributed by atoms with Crippen LogP contribution < -0.4 is 10.2 Å². The molecule has 2 aromatic carbocycles. The highest BCUT2D eigenvalue weighted by molar-refractivity contribution is 6.15. The van der Waals surface area contributed by atoms with Crippen molar-refractivity contribution in [1.29, 1.82) is 0 Å². The standard InChI is InChI=1S/C23H20N6O2/c1-14-12-24-20-16(21(14)29-11-10-28(2)23(29)31)7-5-9-19(20)26-22(30)17-13-25-27-18-8-4-3-6-15(17)18/h3-9,12-13H,10-11H2,1-2H3,(H,26,30). The van der Waals surface area contributed by atoms with Gasteiger partial charge in [-0.3, -0.25) is 14.7 Å². The molecule has 2 aromatic heterocycles. The van der Waals surface area contributed by atoms with Gasteiger partial charge in [-0.25, -0.2) is 4.79 Å². The number of aryl methyl sites for hydroxylation is 1. The number of hydrogen-bond acceptors (Lipinski definition) is 5. The van der Waals surface area contributed by atoms with Gasteiger partial charge in [-0.1, -0.05) is 30.3 Å². The number of likely N-dealkylation sites (N-methyl/N-ethyl adjacent to an activating group) is 1. The molecule has 0 aliphatic carbocycles. The molecule has 1 fully saturated rings. The van der Waals surface area contributed by atoms with Crippen molar-refractivity contribution in [3.8, 4) is 0 Å². The molecule has 154 valence electrons. The number of anilines is 2. The fourth-order valence-electron chi connectivity index (χ4n) is 4.00. The number of nitrogens with zero attached hydrogens (tertiary/aromatic N) is 5. The van der Waals surface area contributed by atoms with E-state index in [1.807, 2.05) is 43.3 Å². The fourth-order valence-corrected chi connectivity index (χ4v) is 4.00. The van der Waals surface area contributed by atoms with Gasteiger partial charge in [0.15, 0.2) is 0 Å². The smallest absolute Gasteiger partial charge is 0.324 e. The van der Waals surface area contributed by atoms with Crippen LogP contribution in [0.4, 0.5) is 16.2 Å². The van der Waals surface area contributed by atoms with Crippen LogP contribution >= 0.6 is 0 Å². The third kappa shape index (κ3) is 3.13. The zero-order valence-electron chi connectivity index (χ0n) is 17.2. The summed E-state index contributed by atoms with van der Waals surface area (Å²) < 4.78 is 0. The SMILES string of the molecule is Cc1cnc2c(NC(=O)c3cnnc4ccccc34)cccc2c1N1CCN(C)C1=O. The van der Waals surface area contributed by atoms with Crippen molar-refractivity contribution >= 4 is 45.1 Å². The first-order valence-corrected chi connectivity index (χ1v) is 9.97. The molecule has 31 heavy (non-hydrogen) atoms. The lowest BCUT2D eigenvalue weighted by Gasteiger charge is -2.21. The topological polar surface area (TPSA) is 91.3 Å². The summed E-state index contributed by atoms with van der Waals surface area (Å²) >= 11 is 0. The van der Waals surface area contributed by atoms with E-state index < -0.39 is 0 Å². The summed E-state index contributed by atoms with van der Waals surface area (Å²) in [5.41, 5.74) is 4.03. The summed E-state index contributed by atoms with van der Waals surface area (Å²) in [6, 6.07) is 12.9. The monoisotopic (exact) mass is 412 g/mol. The second kappa shape index (κ2) is 7.32. The summed E-state index contributed by atoms with van der Waals surface area (Å²) in [5.74, 6) is -0.292. The number of urea groups is 1. The summed E-state index contributed by atoms with van der Waals surface area (Å²) in [4.78, 5) is 33.8. The number of pyridine rings is 1. The van der Waals surface area contributed by atoms with Gasteiger partial charge in [0.25, 0.3) is 5.91 Å². The lowest BCUT2D eigenvalue weighted by atomic mass is 10.1. The van der Waals surface area contributed by atoms with Gasteiger partial charge in [-0.05, 0) is 24.6 Å². The molecule has 0 saturated carbocycles. The molecular weight excluding hydrogens is 392 g/mol. The van der Waals surface area contributed by atoms with Gasteiger partial charge in [0.2, 0.25) is 0 Å². The maximum absolute atomic E-state index is 13.1. The zero-order valence-corrected chi connectivity index (χ0v) is 17.2. The van der Waals surface area contributed by atoms with Gasteiger partial charge >= 0.3 is 6.03 Å². The van der Waals surface area contributed by atoms with E-state index in [4.69, 9.17) is 0 Å². The van der Waals surface area contributed by atoms with E-state index in [0.29, 0.717) is 35.4 Å². The fraction of sp³-hybridized carbons (Fsp3) is 0.174. The molecule has 0 spiro atoms. The average molecular weight is 412 g/mol. The minimum Gasteiger partial charge on any atom is -0.326 e. The highest BCUT2D eigenvalue weighted by Crippen LogP contribution is 2.34. The molecule has 3 heterocycles. The van der Waals surface area contributed by atoms with E-state index in [-0.39, 0.29) is 11.9 Å². The summed E-state index contributed by atoms with van der Waals surface area (Å²) in [6.07, 6.45) is 3.20. The number of rotatable bonds is 3. The molecule has 0 atom stereocenters. The lowest BCUT2D eigenvalue weighted by molar-refractivity contribution is 0.102. The molecule has 1 aliphatic heterocycles. The van der Waals surface area contributed by atoms with Crippen molar-refractivity contribution < 1.29 is 9.59 Å². The second-order valence-corrected chi connectivity index (χ2v) is 7.58. The molecule has 1 N–H and O–H groups in total. The van der Waals surface area contributed by atoms with Crippen LogP contribution in [0.5, 0.6) is 0 Å². The van der Waals surface area contributed by atoms with Crippen LogP contribution in [0.25, 0.3) is 21.8 Å². The number of carbonyl (C=O) groups excluding carboxylic acids is 2. The normalized spacial score (nSPS) is 13.9. The molecule has 8 heteroatoms. The lowest BCUT2D eigenvalue weighted by Crippen LogP contribution is -2.30. The molecule has 4 aromatic rings. The van der Waals surface area contributed by atoms with Crippen molar-refractivity contribution in [2.24, 2.45) is 0 Å². The summed E-state index contributed by atoms with van der Waals surface area (Å²) in [7, 11) is 1.79. The molecule has 3 amide bonds.